The summed E-state index contributed by atoms with van der Waals surface area (Å²) in [6, 6.07) is 48.4. The number of hydrogen-bond donors (Lipinski definition) is 0. The van der Waals surface area contributed by atoms with Crippen LogP contribution in [0.25, 0.3) is 11.1 Å². The Hall–Kier alpha value is -3.98. The standard InChI is InChI=1S/C36H28S2/c1-25-13-17-29(18-14-25)35(27-9-5-3-6-10-27)33-23-21-31(37-33)32-22-24-34(38-32)36(28-11-7-4-8-12-28)30-19-15-26(2)16-20-30/h3-24H,1-2H3/b32-31-,35-33-,36-34-. The molecular weight excluding hydrogens is 497 g/mol. The Kier molecular flexibility index (Phi) is 6.92. The maximum Gasteiger partial charge on any atom is 0.0449 e. The van der Waals surface area contributed by atoms with Crippen molar-refractivity contribution in [1.82, 2.24) is 0 Å². The van der Waals surface area contributed by atoms with Crippen LogP contribution < -0.4 is 9.06 Å². The molecule has 0 aliphatic carbocycles. The van der Waals surface area contributed by atoms with Crippen LogP contribution in [0.3, 0.4) is 0 Å². The third-order valence-electron chi connectivity index (χ3n) is 6.75. The van der Waals surface area contributed by atoms with Gasteiger partial charge in [-0.25, -0.2) is 0 Å². The van der Waals surface area contributed by atoms with Crippen molar-refractivity contribution in [2.75, 3.05) is 0 Å². The first kappa shape index (κ1) is 24.4. The molecule has 0 nitrogen and oxygen atoms in total. The van der Waals surface area contributed by atoms with Crippen molar-refractivity contribution in [3.8, 4) is 0 Å². The summed E-state index contributed by atoms with van der Waals surface area (Å²) in [4.78, 5) is 0. The van der Waals surface area contributed by atoms with Gasteiger partial charge < -0.3 is 0 Å². The number of hydrogen-bond acceptors (Lipinski definition) is 2. The normalized spacial score (nSPS) is 13.7. The predicted octanol–water partition coefficient (Wildman–Crippen LogP) is 8.21. The van der Waals surface area contributed by atoms with Crippen molar-refractivity contribution in [2.24, 2.45) is 0 Å². The minimum Gasteiger partial charge on any atom is -0.134 e. The van der Waals surface area contributed by atoms with Crippen molar-refractivity contribution >= 4 is 33.8 Å². The molecule has 6 rings (SSSR count). The molecule has 0 fully saturated rings. The van der Waals surface area contributed by atoms with Crippen molar-refractivity contribution in [2.45, 2.75) is 13.8 Å². The van der Waals surface area contributed by atoms with Gasteiger partial charge >= 0.3 is 0 Å². The number of thiophene rings is 2. The van der Waals surface area contributed by atoms with Gasteiger partial charge in [-0.15, -0.1) is 22.7 Å². The van der Waals surface area contributed by atoms with Crippen LogP contribution in [0.4, 0.5) is 0 Å². The lowest BCUT2D eigenvalue weighted by Gasteiger charge is -2.08. The van der Waals surface area contributed by atoms with Crippen molar-refractivity contribution in [1.29, 1.82) is 0 Å². The lowest BCUT2D eigenvalue weighted by Crippen LogP contribution is -2.03. The van der Waals surface area contributed by atoms with Gasteiger partial charge in [-0.3, -0.25) is 0 Å². The molecule has 2 heteroatoms. The van der Waals surface area contributed by atoms with Gasteiger partial charge in [0.15, 0.2) is 0 Å². The van der Waals surface area contributed by atoms with E-state index < -0.39 is 0 Å². The van der Waals surface area contributed by atoms with Gasteiger partial charge in [0.2, 0.25) is 0 Å². The molecule has 0 saturated carbocycles. The van der Waals surface area contributed by atoms with E-state index in [0.717, 1.165) is 0 Å². The van der Waals surface area contributed by atoms with Crippen molar-refractivity contribution in [3.63, 3.8) is 0 Å². The van der Waals surface area contributed by atoms with Gasteiger partial charge in [0.25, 0.3) is 0 Å². The molecule has 4 aromatic carbocycles. The Morgan fingerprint density at radius 2 is 0.711 bits per heavy atom. The van der Waals surface area contributed by atoms with Gasteiger partial charge in [0.1, 0.15) is 0 Å². The van der Waals surface area contributed by atoms with Gasteiger partial charge in [0, 0.05) is 29.3 Å². The first-order valence-electron chi connectivity index (χ1n) is 12.9. The van der Waals surface area contributed by atoms with E-state index in [4.69, 9.17) is 0 Å². The Bertz CT molecular complexity index is 1750. The van der Waals surface area contributed by atoms with Gasteiger partial charge in [-0.1, -0.05) is 120 Å². The summed E-state index contributed by atoms with van der Waals surface area (Å²) in [5.41, 5.74) is 10.1. The third-order valence-corrected chi connectivity index (χ3v) is 9.15. The van der Waals surface area contributed by atoms with Crippen LogP contribution in [0.2, 0.25) is 0 Å². The summed E-state index contributed by atoms with van der Waals surface area (Å²) in [6.45, 7) is 4.28. The lowest BCUT2D eigenvalue weighted by molar-refractivity contribution is 1.44. The first-order chi connectivity index (χ1) is 18.7. The highest BCUT2D eigenvalue weighted by molar-refractivity contribution is 7.11. The van der Waals surface area contributed by atoms with Crippen LogP contribution >= 0.6 is 22.7 Å². The van der Waals surface area contributed by atoms with E-state index in [-0.39, 0.29) is 0 Å². The zero-order valence-electron chi connectivity index (χ0n) is 21.5. The Morgan fingerprint density at radius 3 is 1.08 bits per heavy atom. The van der Waals surface area contributed by atoms with Gasteiger partial charge in [-0.05, 0) is 60.4 Å². The molecule has 0 saturated heterocycles. The quantitative estimate of drug-likeness (QED) is 0.218. The van der Waals surface area contributed by atoms with E-state index in [1.807, 2.05) is 22.7 Å². The topological polar surface area (TPSA) is 0 Å². The Balaban J connectivity index is 1.60. The van der Waals surface area contributed by atoms with Crippen LogP contribution in [0, 0.1) is 22.9 Å². The monoisotopic (exact) mass is 524 g/mol. The van der Waals surface area contributed by atoms with Crippen molar-refractivity contribution in [3.05, 3.63) is 185 Å². The summed E-state index contributed by atoms with van der Waals surface area (Å²) >= 11 is 3.74. The Labute approximate surface area is 231 Å². The summed E-state index contributed by atoms with van der Waals surface area (Å²) < 4.78 is 5.17. The lowest BCUT2D eigenvalue weighted by atomic mass is 9.97. The van der Waals surface area contributed by atoms with Crippen molar-refractivity contribution < 1.29 is 0 Å². The SMILES string of the molecule is Cc1ccc(/C(c2ccccc2)=c2/cc/c(=c3\cc/c(=C(\c4ccccc4)c4ccc(C)cc4)s3)s2)cc1. The van der Waals surface area contributed by atoms with Crippen LogP contribution in [-0.4, -0.2) is 0 Å². The summed E-state index contributed by atoms with van der Waals surface area (Å²) in [5.74, 6) is 0. The Morgan fingerprint density at radius 1 is 0.368 bits per heavy atom. The predicted molar refractivity (Wildman–Crippen MR) is 164 cm³/mol. The molecule has 0 spiro atoms. The van der Waals surface area contributed by atoms with E-state index >= 15 is 0 Å². The number of rotatable bonds is 4. The molecule has 0 atom stereocenters. The van der Waals surface area contributed by atoms with Crippen LogP contribution in [0.15, 0.2) is 133 Å². The molecule has 0 unspecified atom stereocenters. The molecule has 0 aliphatic heterocycles. The summed E-state index contributed by atoms with van der Waals surface area (Å²) in [5, 5.41) is 0. The first-order valence-corrected chi connectivity index (χ1v) is 14.5. The molecule has 0 N–H and O–H groups in total. The fraction of sp³-hybridized carbons (Fsp3) is 0.0556. The summed E-state index contributed by atoms with van der Waals surface area (Å²) in [7, 11) is 0. The number of benzene rings is 4. The summed E-state index contributed by atoms with van der Waals surface area (Å²) in [6.07, 6.45) is 0. The molecular formula is C36H28S2. The minimum absolute atomic E-state index is 1.25. The van der Waals surface area contributed by atoms with E-state index in [1.54, 1.807) is 0 Å². The highest BCUT2D eigenvalue weighted by atomic mass is 32.1. The van der Waals surface area contributed by atoms with Crippen LogP contribution in [0.1, 0.15) is 33.4 Å². The fourth-order valence-corrected chi connectivity index (χ4v) is 7.04. The van der Waals surface area contributed by atoms with E-state index in [0.29, 0.717) is 0 Å². The molecule has 2 heterocycles. The maximum atomic E-state index is 2.28. The molecule has 0 radical (unpaired) electrons. The second-order valence-electron chi connectivity index (χ2n) is 9.54. The minimum atomic E-state index is 1.25. The fourth-order valence-electron chi connectivity index (χ4n) is 4.76. The molecule has 0 amide bonds. The van der Waals surface area contributed by atoms with E-state index in [1.165, 1.54) is 62.7 Å². The van der Waals surface area contributed by atoms with E-state index in [2.05, 4.69) is 147 Å². The van der Waals surface area contributed by atoms with Crippen LogP contribution in [0.5, 0.6) is 0 Å². The van der Waals surface area contributed by atoms with Crippen LogP contribution in [-0.2, 0) is 0 Å². The average Bonchev–Trinajstić information content (AvgIpc) is 3.63. The highest BCUT2D eigenvalue weighted by Crippen LogP contribution is 2.24. The zero-order chi connectivity index (χ0) is 25.9. The molecule has 2 aromatic heterocycles. The largest absolute Gasteiger partial charge is 0.134 e. The average molecular weight is 525 g/mol. The highest BCUT2D eigenvalue weighted by Gasteiger charge is 2.09. The van der Waals surface area contributed by atoms with Gasteiger partial charge in [0.05, 0.1) is 0 Å². The second-order valence-corrected chi connectivity index (χ2v) is 11.7. The number of aryl methyl sites for hydroxylation is 2. The third kappa shape index (κ3) is 5.06. The zero-order valence-corrected chi connectivity index (χ0v) is 23.2. The maximum absolute atomic E-state index is 2.28. The second kappa shape index (κ2) is 10.8. The molecule has 0 aliphatic rings. The molecule has 38 heavy (non-hydrogen) atoms. The van der Waals surface area contributed by atoms with Gasteiger partial charge in [-0.2, -0.15) is 0 Å². The molecule has 6 aromatic rings. The van der Waals surface area contributed by atoms with E-state index in [9.17, 15) is 0 Å². The molecule has 184 valence electrons. The molecule has 0 bridgehead atoms. The smallest absolute Gasteiger partial charge is 0.0449 e.